The minimum atomic E-state index is -0.213. The molecule has 0 bridgehead atoms. The zero-order valence-electron chi connectivity index (χ0n) is 24.1. The van der Waals surface area contributed by atoms with Crippen LogP contribution in [0.15, 0.2) is 48.7 Å². The fraction of sp³-hybridized carbons (Fsp3) is 0.419. The van der Waals surface area contributed by atoms with Crippen molar-refractivity contribution in [2.24, 2.45) is 0 Å². The molecule has 4 heterocycles. The van der Waals surface area contributed by atoms with Gasteiger partial charge in [0, 0.05) is 49.5 Å². The molecule has 5 rings (SSSR count). The van der Waals surface area contributed by atoms with Crippen LogP contribution < -0.4 is 15.0 Å². The maximum atomic E-state index is 13.8. The van der Waals surface area contributed by atoms with Crippen LogP contribution in [0.2, 0.25) is 10.0 Å². The van der Waals surface area contributed by atoms with Gasteiger partial charge in [0.25, 0.3) is 11.8 Å². The molecule has 11 heteroatoms. The number of likely N-dealkylation sites (N-methyl/N-ethyl adjacent to an activating group) is 1. The van der Waals surface area contributed by atoms with E-state index in [9.17, 15) is 9.59 Å². The van der Waals surface area contributed by atoms with Gasteiger partial charge in [-0.05, 0) is 75.8 Å². The number of amides is 2. The van der Waals surface area contributed by atoms with Gasteiger partial charge in [-0.25, -0.2) is 9.97 Å². The van der Waals surface area contributed by atoms with E-state index in [0.29, 0.717) is 59.1 Å². The summed E-state index contributed by atoms with van der Waals surface area (Å²) in [6, 6.07) is 12.6. The highest BCUT2D eigenvalue weighted by molar-refractivity contribution is 6.36. The third-order valence-electron chi connectivity index (χ3n) is 7.86. The van der Waals surface area contributed by atoms with Crippen molar-refractivity contribution in [1.82, 2.24) is 25.1 Å². The third kappa shape index (κ3) is 6.48. The Morgan fingerprint density at radius 1 is 1.07 bits per heavy atom. The molecule has 222 valence electrons. The average molecular weight is 612 g/mol. The van der Waals surface area contributed by atoms with Gasteiger partial charge in [0.05, 0.1) is 34.1 Å². The Morgan fingerprint density at radius 3 is 2.62 bits per heavy atom. The monoisotopic (exact) mass is 610 g/mol. The highest BCUT2D eigenvalue weighted by atomic mass is 35.5. The summed E-state index contributed by atoms with van der Waals surface area (Å²) in [4.78, 5) is 42.7. The van der Waals surface area contributed by atoms with Gasteiger partial charge in [0.2, 0.25) is 5.88 Å². The van der Waals surface area contributed by atoms with Gasteiger partial charge in [-0.15, -0.1) is 0 Å². The zero-order chi connectivity index (χ0) is 29.8. The Morgan fingerprint density at radius 2 is 1.90 bits per heavy atom. The normalized spacial score (nSPS) is 19.2. The number of nitrogens with zero attached hydrogens (tertiary/aromatic N) is 5. The molecule has 2 aliphatic heterocycles. The molecule has 2 aliphatic rings. The Hall–Kier alpha value is -3.40. The largest absolute Gasteiger partial charge is 0.477 e. The van der Waals surface area contributed by atoms with Crippen molar-refractivity contribution in [3.8, 4) is 17.1 Å². The summed E-state index contributed by atoms with van der Waals surface area (Å²) in [5.41, 5.74) is 2.87. The Labute approximate surface area is 256 Å². The summed E-state index contributed by atoms with van der Waals surface area (Å²) in [6.45, 7) is 7.69. The summed E-state index contributed by atoms with van der Waals surface area (Å²) in [6.07, 6.45) is 3.34. The van der Waals surface area contributed by atoms with Crippen LogP contribution in [0.25, 0.3) is 11.3 Å². The molecule has 42 heavy (non-hydrogen) atoms. The SMILES string of the molecule is CCOc1ncccc1-c1ccc(N2CCN(C(=O)c3ccc(Cl)cc3Cl)C[C@H]2CC)c(C(=O)N[C@@H]2CCN(C)C2)n1. The van der Waals surface area contributed by atoms with Crippen LogP contribution in [0, 0.1) is 0 Å². The number of nitrogens with one attached hydrogen (secondary N) is 1. The molecule has 0 radical (unpaired) electrons. The number of rotatable bonds is 8. The van der Waals surface area contributed by atoms with Crippen molar-refractivity contribution in [2.45, 2.75) is 38.8 Å². The first-order valence-corrected chi connectivity index (χ1v) is 15.1. The molecule has 0 saturated carbocycles. The Balaban J connectivity index is 1.46. The topological polar surface area (TPSA) is 90.9 Å². The first-order valence-electron chi connectivity index (χ1n) is 14.4. The number of piperazine rings is 1. The molecule has 2 fully saturated rings. The van der Waals surface area contributed by atoms with E-state index in [0.717, 1.165) is 37.2 Å². The summed E-state index contributed by atoms with van der Waals surface area (Å²) in [5.74, 6) is 0.130. The zero-order valence-corrected chi connectivity index (χ0v) is 25.7. The summed E-state index contributed by atoms with van der Waals surface area (Å²) in [5, 5.41) is 4.03. The summed E-state index contributed by atoms with van der Waals surface area (Å²) in [7, 11) is 2.05. The number of carbonyl (C=O) groups excluding carboxylic acids is 2. The second kappa shape index (κ2) is 13.3. The van der Waals surface area contributed by atoms with Crippen LogP contribution in [0.5, 0.6) is 5.88 Å². The van der Waals surface area contributed by atoms with Crippen molar-refractivity contribution >= 4 is 40.7 Å². The third-order valence-corrected chi connectivity index (χ3v) is 8.40. The van der Waals surface area contributed by atoms with Crippen molar-refractivity contribution < 1.29 is 14.3 Å². The number of aromatic nitrogens is 2. The lowest BCUT2D eigenvalue weighted by Gasteiger charge is -2.43. The molecule has 1 aromatic carbocycles. The molecule has 0 aliphatic carbocycles. The number of likely N-dealkylation sites (tertiary alicyclic amines) is 1. The van der Waals surface area contributed by atoms with E-state index in [1.54, 1.807) is 24.4 Å². The molecule has 2 atom stereocenters. The van der Waals surface area contributed by atoms with Gasteiger partial charge >= 0.3 is 0 Å². The van der Waals surface area contributed by atoms with E-state index in [1.165, 1.54) is 0 Å². The second-order valence-corrected chi connectivity index (χ2v) is 11.5. The Kier molecular flexibility index (Phi) is 9.50. The maximum absolute atomic E-state index is 13.8. The van der Waals surface area contributed by atoms with Crippen LogP contribution >= 0.6 is 23.2 Å². The van der Waals surface area contributed by atoms with E-state index < -0.39 is 0 Å². The van der Waals surface area contributed by atoms with E-state index in [4.69, 9.17) is 32.9 Å². The highest BCUT2D eigenvalue weighted by Crippen LogP contribution is 2.32. The molecule has 3 aromatic rings. The van der Waals surface area contributed by atoms with Gasteiger partial charge in [-0.2, -0.15) is 0 Å². The van der Waals surface area contributed by atoms with E-state index in [-0.39, 0.29) is 23.9 Å². The molecule has 2 saturated heterocycles. The van der Waals surface area contributed by atoms with Crippen molar-refractivity contribution in [3.05, 3.63) is 70.0 Å². The number of anilines is 1. The molecule has 1 N–H and O–H groups in total. The van der Waals surface area contributed by atoms with Gasteiger partial charge in [0.15, 0.2) is 5.69 Å². The lowest BCUT2D eigenvalue weighted by Crippen LogP contribution is -2.55. The molecular weight excluding hydrogens is 575 g/mol. The quantitative estimate of drug-likeness (QED) is 0.383. The van der Waals surface area contributed by atoms with Crippen LogP contribution in [0.4, 0.5) is 5.69 Å². The van der Waals surface area contributed by atoms with Gasteiger partial charge in [-0.3, -0.25) is 9.59 Å². The van der Waals surface area contributed by atoms with E-state index in [2.05, 4.69) is 34.1 Å². The number of halogens is 2. The predicted octanol–water partition coefficient (Wildman–Crippen LogP) is 5.02. The van der Waals surface area contributed by atoms with Crippen molar-refractivity contribution in [3.63, 3.8) is 0 Å². The highest BCUT2D eigenvalue weighted by Gasteiger charge is 2.33. The number of ether oxygens (including phenoxy) is 1. The number of hydrogen-bond donors (Lipinski definition) is 1. The molecule has 2 amide bonds. The van der Waals surface area contributed by atoms with Crippen LogP contribution in [0.3, 0.4) is 0 Å². The Bertz CT molecular complexity index is 1450. The molecule has 0 unspecified atom stereocenters. The number of carbonyl (C=O) groups is 2. The lowest BCUT2D eigenvalue weighted by atomic mass is 10.0. The van der Waals surface area contributed by atoms with Crippen molar-refractivity contribution in [2.75, 3.05) is 51.3 Å². The second-order valence-electron chi connectivity index (χ2n) is 10.7. The number of hydrogen-bond acceptors (Lipinski definition) is 7. The molecule has 9 nitrogen and oxygen atoms in total. The molecule has 0 spiro atoms. The van der Waals surface area contributed by atoms with Crippen LogP contribution in [0.1, 0.15) is 47.5 Å². The van der Waals surface area contributed by atoms with Gasteiger partial charge < -0.3 is 24.8 Å². The average Bonchev–Trinajstić information content (AvgIpc) is 3.40. The van der Waals surface area contributed by atoms with Crippen molar-refractivity contribution in [1.29, 1.82) is 0 Å². The molecule has 2 aromatic heterocycles. The molecular formula is C31H36Cl2N6O3. The lowest BCUT2D eigenvalue weighted by molar-refractivity contribution is 0.0720. The van der Waals surface area contributed by atoms with E-state index >= 15 is 0 Å². The summed E-state index contributed by atoms with van der Waals surface area (Å²) < 4.78 is 5.76. The minimum absolute atomic E-state index is 0.0250. The van der Waals surface area contributed by atoms with Crippen LogP contribution in [-0.4, -0.2) is 90.0 Å². The van der Waals surface area contributed by atoms with E-state index in [1.807, 2.05) is 36.1 Å². The summed E-state index contributed by atoms with van der Waals surface area (Å²) >= 11 is 12.4. The first kappa shape index (κ1) is 30.1. The minimum Gasteiger partial charge on any atom is -0.477 e. The van der Waals surface area contributed by atoms with Gasteiger partial charge in [0.1, 0.15) is 0 Å². The smallest absolute Gasteiger partial charge is 0.272 e. The fourth-order valence-corrected chi connectivity index (χ4v) is 6.17. The fourth-order valence-electron chi connectivity index (χ4n) is 5.68. The van der Waals surface area contributed by atoms with Crippen LogP contribution in [-0.2, 0) is 0 Å². The standard InChI is InChI=1S/C31H36Cl2N6O3/c1-4-22-19-38(31(41)23-9-8-20(32)17-25(23)33)15-16-39(22)27-11-10-26(24-7-6-13-34-30(24)42-5-2)36-28(27)29(40)35-21-12-14-37(3)18-21/h6-11,13,17,21-22H,4-5,12,14-16,18-19H2,1-3H3,(H,35,40)/t21-,22-/m1/s1. The first-order chi connectivity index (χ1) is 20.3. The maximum Gasteiger partial charge on any atom is 0.272 e. The number of pyridine rings is 2. The predicted molar refractivity (Wildman–Crippen MR) is 166 cm³/mol. The number of benzene rings is 1. The van der Waals surface area contributed by atoms with Gasteiger partial charge in [-0.1, -0.05) is 30.1 Å².